The molecule has 0 saturated carbocycles. The minimum atomic E-state index is -0.229. The van der Waals surface area contributed by atoms with Gasteiger partial charge in [0.05, 0.1) is 30.5 Å². The summed E-state index contributed by atoms with van der Waals surface area (Å²) in [5.41, 5.74) is 1.88. The molecule has 0 unspecified atom stereocenters. The summed E-state index contributed by atoms with van der Waals surface area (Å²) in [5, 5.41) is 6.19. The fourth-order valence-corrected chi connectivity index (χ4v) is 3.09. The molecular weight excluding hydrogens is 394 g/mol. The number of anilines is 2. The van der Waals surface area contributed by atoms with Crippen molar-refractivity contribution < 1.29 is 14.0 Å². The number of carbonyl (C=O) groups excluding carboxylic acids is 2. The molecule has 0 bridgehead atoms. The number of amides is 2. The van der Waals surface area contributed by atoms with Crippen molar-refractivity contribution in [1.29, 1.82) is 0 Å². The zero-order valence-electron chi connectivity index (χ0n) is 15.4. The standard InChI is InChI=1S/C20H18ClN5O3/c21-14-3-1-13(2-4-14)20-25-16(12-29-20)9-18(27)24-15-5-6-17(23-10-15)26-8-7-22-19(28)11-26/h1-6,10,12H,7-9,11H2,(H,22,28)(H,24,27). The topological polar surface area (TPSA) is 100 Å². The molecule has 4 rings (SSSR count). The Morgan fingerprint density at radius 3 is 2.79 bits per heavy atom. The predicted molar refractivity (Wildman–Crippen MR) is 109 cm³/mol. The number of rotatable bonds is 5. The molecule has 2 aromatic heterocycles. The highest BCUT2D eigenvalue weighted by Gasteiger charge is 2.17. The molecule has 0 aliphatic carbocycles. The van der Waals surface area contributed by atoms with Crippen LogP contribution in [0, 0.1) is 0 Å². The number of oxazole rings is 1. The number of aromatic nitrogens is 2. The third-order valence-corrected chi connectivity index (χ3v) is 4.63. The van der Waals surface area contributed by atoms with Crippen LogP contribution in [0.25, 0.3) is 11.5 Å². The number of hydrogen-bond donors (Lipinski definition) is 2. The molecule has 2 amide bonds. The Morgan fingerprint density at radius 1 is 1.24 bits per heavy atom. The second-order valence-corrected chi connectivity index (χ2v) is 6.99. The molecular formula is C20H18ClN5O3. The van der Waals surface area contributed by atoms with Gasteiger partial charge in [0.25, 0.3) is 0 Å². The maximum atomic E-state index is 12.3. The Balaban J connectivity index is 1.35. The van der Waals surface area contributed by atoms with Crippen molar-refractivity contribution >= 4 is 34.9 Å². The van der Waals surface area contributed by atoms with Crippen LogP contribution in [0.4, 0.5) is 11.5 Å². The number of hydrogen-bond acceptors (Lipinski definition) is 6. The van der Waals surface area contributed by atoms with E-state index in [1.54, 1.807) is 42.6 Å². The first kappa shape index (κ1) is 18.9. The minimum absolute atomic E-state index is 0.0268. The van der Waals surface area contributed by atoms with E-state index in [-0.39, 0.29) is 24.8 Å². The molecule has 0 spiro atoms. The van der Waals surface area contributed by atoms with E-state index in [2.05, 4.69) is 20.6 Å². The lowest BCUT2D eigenvalue weighted by atomic mass is 10.2. The van der Waals surface area contributed by atoms with Gasteiger partial charge in [-0.05, 0) is 36.4 Å². The summed E-state index contributed by atoms with van der Waals surface area (Å²) in [5.74, 6) is 0.872. The molecule has 0 radical (unpaired) electrons. The number of pyridine rings is 1. The highest BCUT2D eigenvalue weighted by atomic mass is 35.5. The van der Waals surface area contributed by atoms with E-state index in [1.165, 1.54) is 6.26 Å². The van der Waals surface area contributed by atoms with Gasteiger partial charge in [0.15, 0.2) is 0 Å². The highest BCUT2D eigenvalue weighted by Crippen LogP contribution is 2.21. The Labute approximate surface area is 171 Å². The average molecular weight is 412 g/mol. The van der Waals surface area contributed by atoms with Crippen molar-refractivity contribution in [2.75, 3.05) is 29.9 Å². The van der Waals surface area contributed by atoms with Gasteiger partial charge in [-0.1, -0.05) is 11.6 Å². The second kappa shape index (κ2) is 8.32. The zero-order valence-corrected chi connectivity index (χ0v) is 16.1. The lowest BCUT2D eigenvalue weighted by Gasteiger charge is -2.27. The van der Waals surface area contributed by atoms with Gasteiger partial charge in [0, 0.05) is 23.7 Å². The molecule has 1 fully saturated rings. The quantitative estimate of drug-likeness (QED) is 0.669. The maximum Gasteiger partial charge on any atom is 0.239 e. The van der Waals surface area contributed by atoms with Crippen LogP contribution in [0.3, 0.4) is 0 Å². The van der Waals surface area contributed by atoms with Gasteiger partial charge in [0.1, 0.15) is 12.1 Å². The van der Waals surface area contributed by atoms with Crippen LogP contribution in [0.15, 0.2) is 53.3 Å². The zero-order chi connectivity index (χ0) is 20.2. The molecule has 2 N–H and O–H groups in total. The van der Waals surface area contributed by atoms with Crippen LogP contribution in [0.1, 0.15) is 5.69 Å². The lowest BCUT2D eigenvalue weighted by Crippen LogP contribution is -2.48. The summed E-state index contributed by atoms with van der Waals surface area (Å²) in [6, 6.07) is 10.6. The predicted octanol–water partition coefficient (Wildman–Crippen LogP) is 2.51. The van der Waals surface area contributed by atoms with Crippen LogP contribution in [-0.2, 0) is 16.0 Å². The molecule has 1 aliphatic rings. The van der Waals surface area contributed by atoms with Gasteiger partial charge in [0.2, 0.25) is 17.7 Å². The van der Waals surface area contributed by atoms with Crippen molar-refractivity contribution in [2.45, 2.75) is 6.42 Å². The summed E-state index contributed by atoms with van der Waals surface area (Å²) in [7, 11) is 0. The molecule has 1 aliphatic heterocycles. The van der Waals surface area contributed by atoms with Crippen LogP contribution in [-0.4, -0.2) is 41.4 Å². The summed E-state index contributed by atoms with van der Waals surface area (Å²) >= 11 is 5.88. The smallest absolute Gasteiger partial charge is 0.239 e. The van der Waals surface area contributed by atoms with E-state index in [0.717, 1.165) is 5.56 Å². The molecule has 9 heteroatoms. The Bertz CT molecular complexity index is 1020. The van der Waals surface area contributed by atoms with Crippen molar-refractivity contribution in [1.82, 2.24) is 15.3 Å². The minimum Gasteiger partial charge on any atom is -0.444 e. The maximum absolute atomic E-state index is 12.3. The summed E-state index contributed by atoms with van der Waals surface area (Å²) in [6.07, 6.45) is 3.11. The normalized spacial score (nSPS) is 13.8. The fourth-order valence-electron chi connectivity index (χ4n) is 2.96. The Kier molecular flexibility index (Phi) is 5.44. The number of benzene rings is 1. The molecule has 3 aromatic rings. The van der Waals surface area contributed by atoms with Crippen molar-refractivity contribution in [2.24, 2.45) is 0 Å². The van der Waals surface area contributed by atoms with Crippen LogP contribution in [0.5, 0.6) is 0 Å². The molecule has 0 atom stereocenters. The first-order chi connectivity index (χ1) is 14.1. The first-order valence-corrected chi connectivity index (χ1v) is 9.42. The van der Waals surface area contributed by atoms with Gasteiger partial charge in [-0.15, -0.1) is 0 Å². The van der Waals surface area contributed by atoms with Crippen molar-refractivity contribution in [3.8, 4) is 11.5 Å². The molecule has 1 aromatic carbocycles. The Hall–Kier alpha value is -3.39. The van der Waals surface area contributed by atoms with E-state index in [4.69, 9.17) is 16.0 Å². The van der Waals surface area contributed by atoms with Gasteiger partial charge >= 0.3 is 0 Å². The van der Waals surface area contributed by atoms with Crippen molar-refractivity contribution in [3.63, 3.8) is 0 Å². The largest absolute Gasteiger partial charge is 0.444 e. The summed E-state index contributed by atoms with van der Waals surface area (Å²) in [6.45, 7) is 1.57. The first-order valence-electron chi connectivity index (χ1n) is 9.05. The number of nitrogens with zero attached hydrogens (tertiary/aromatic N) is 3. The third-order valence-electron chi connectivity index (χ3n) is 4.38. The van der Waals surface area contributed by atoms with E-state index >= 15 is 0 Å². The summed E-state index contributed by atoms with van der Waals surface area (Å²) in [4.78, 5) is 34.3. The molecule has 29 heavy (non-hydrogen) atoms. The van der Waals surface area contributed by atoms with E-state index in [9.17, 15) is 9.59 Å². The second-order valence-electron chi connectivity index (χ2n) is 6.55. The van der Waals surface area contributed by atoms with Gasteiger partial charge in [-0.3, -0.25) is 9.59 Å². The van der Waals surface area contributed by atoms with E-state index in [1.807, 2.05) is 4.90 Å². The van der Waals surface area contributed by atoms with Crippen LogP contribution >= 0.6 is 11.6 Å². The molecule has 148 valence electrons. The number of nitrogens with one attached hydrogen (secondary N) is 2. The van der Waals surface area contributed by atoms with Crippen molar-refractivity contribution in [3.05, 3.63) is 59.6 Å². The van der Waals surface area contributed by atoms with Crippen LogP contribution < -0.4 is 15.5 Å². The summed E-state index contributed by atoms with van der Waals surface area (Å²) < 4.78 is 5.45. The monoisotopic (exact) mass is 411 g/mol. The third kappa shape index (κ3) is 4.72. The average Bonchev–Trinajstić information content (AvgIpc) is 3.17. The van der Waals surface area contributed by atoms with Gasteiger partial charge in [-0.25, -0.2) is 9.97 Å². The number of carbonyl (C=O) groups is 2. The SMILES string of the molecule is O=C1CN(c2ccc(NC(=O)Cc3coc(-c4ccc(Cl)cc4)n3)cn2)CCN1. The Morgan fingerprint density at radius 2 is 2.07 bits per heavy atom. The van der Waals surface area contributed by atoms with E-state index < -0.39 is 0 Å². The number of piperazine rings is 1. The molecule has 1 saturated heterocycles. The van der Waals surface area contributed by atoms with Crippen LogP contribution in [0.2, 0.25) is 5.02 Å². The fraction of sp³-hybridized carbons (Fsp3) is 0.200. The highest BCUT2D eigenvalue weighted by molar-refractivity contribution is 6.30. The van der Waals surface area contributed by atoms with Gasteiger partial charge in [-0.2, -0.15) is 0 Å². The van der Waals surface area contributed by atoms with Gasteiger partial charge < -0.3 is 20.0 Å². The lowest BCUT2D eigenvalue weighted by molar-refractivity contribution is -0.120. The molecule has 3 heterocycles. The number of halogens is 1. The van der Waals surface area contributed by atoms with E-state index in [0.29, 0.717) is 41.2 Å². The molecule has 8 nitrogen and oxygen atoms in total.